The first-order valence-corrected chi connectivity index (χ1v) is 28.4. The van der Waals surface area contributed by atoms with Crippen LogP contribution in [-0.4, -0.2) is 6.04 Å². The molecule has 11 aliphatic rings. The highest BCUT2D eigenvalue weighted by Crippen LogP contribution is 2.75. The van der Waals surface area contributed by atoms with Crippen molar-refractivity contribution in [1.82, 2.24) is 5.32 Å². The summed E-state index contributed by atoms with van der Waals surface area (Å²) < 4.78 is 1.50. The number of rotatable bonds is 6. The van der Waals surface area contributed by atoms with Gasteiger partial charge in [0.25, 0.3) is 0 Å². The van der Waals surface area contributed by atoms with Crippen molar-refractivity contribution in [3.8, 4) is 0 Å². The van der Waals surface area contributed by atoms with Crippen LogP contribution in [0.15, 0.2) is 149 Å². The molecule has 1 aliphatic heterocycles. The summed E-state index contributed by atoms with van der Waals surface area (Å²) in [5.41, 5.74) is 24.4. The molecule has 10 atom stereocenters. The standard InChI is InChI=1S/C65H63NS2/c1-36-16-5-3-8-19-41(36)44-21-11-12-23-46(44)48-25-14-28-50-49-27-13-24-43(62(49)67-63(48)50)40-32-37(2)61-53(34-40)52-33-39(30-31-56(52)66-61)57-54-35-55-58(54)59(55)60-51-29-15-26-47(64(51)68-65(57)60)45-22-10-9-20-42(45)38-17-6-4-7-18-38/h4,6-8,10-14,17,19,21-24,26-28,33-34,36-38,41,48,52,54,56-58,66H,3,5,9,15-16,18,20,25,29-32,35H2,1-2H3. The highest BCUT2D eigenvalue weighted by atomic mass is 32.1. The number of benzene rings is 2. The van der Waals surface area contributed by atoms with Gasteiger partial charge in [0.15, 0.2) is 0 Å². The number of nitrogens with one attached hydrogen (secondary N) is 1. The van der Waals surface area contributed by atoms with Crippen LogP contribution in [0.5, 0.6) is 0 Å². The maximum absolute atomic E-state index is 4.20. The normalized spacial score (nSPS) is 32.6. The molecule has 10 unspecified atom stereocenters. The summed E-state index contributed by atoms with van der Waals surface area (Å²) in [6.45, 7) is 4.98. The number of allylic oxidation sites excluding steroid dienone is 19. The Labute approximate surface area is 412 Å². The van der Waals surface area contributed by atoms with Crippen molar-refractivity contribution in [2.45, 2.75) is 121 Å². The van der Waals surface area contributed by atoms with E-state index in [1.54, 1.807) is 75.9 Å². The Bertz CT molecular complexity index is 3220. The van der Waals surface area contributed by atoms with Crippen molar-refractivity contribution in [2.75, 3.05) is 0 Å². The van der Waals surface area contributed by atoms with E-state index in [4.69, 9.17) is 0 Å². The quantitative estimate of drug-likeness (QED) is 0.190. The Morgan fingerprint density at radius 2 is 1.68 bits per heavy atom. The summed E-state index contributed by atoms with van der Waals surface area (Å²) in [4.78, 5) is 4.94. The molecule has 1 nitrogen and oxygen atoms in total. The highest BCUT2D eigenvalue weighted by molar-refractivity contribution is 7.19. The van der Waals surface area contributed by atoms with E-state index in [1.165, 1.54) is 91.1 Å². The lowest BCUT2D eigenvalue weighted by Gasteiger charge is -2.40. The molecule has 68 heavy (non-hydrogen) atoms. The molecule has 2 aromatic heterocycles. The molecule has 340 valence electrons. The van der Waals surface area contributed by atoms with Crippen molar-refractivity contribution in [3.05, 3.63) is 197 Å². The first-order chi connectivity index (χ1) is 33.6. The molecule has 10 aliphatic carbocycles. The van der Waals surface area contributed by atoms with Gasteiger partial charge in [-0.25, -0.2) is 0 Å². The molecule has 0 amide bonds. The fourth-order valence-corrected chi connectivity index (χ4v) is 18.7. The van der Waals surface area contributed by atoms with Gasteiger partial charge in [0.05, 0.1) is 0 Å². The topological polar surface area (TPSA) is 12.0 Å². The van der Waals surface area contributed by atoms with E-state index >= 15 is 0 Å². The van der Waals surface area contributed by atoms with E-state index in [2.05, 4.69) is 163 Å². The number of thiophene rings is 2. The summed E-state index contributed by atoms with van der Waals surface area (Å²) in [5.74, 6) is 5.18. The molecule has 1 N–H and O–H groups in total. The van der Waals surface area contributed by atoms with Crippen molar-refractivity contribution >= 4 is 55.6 Å². The second-order valence-electron chi connectivity index (χ2n) is 22.5. The van der Waals surface area contributed by atoms with Crippen LogP contribution in [-0.2, 0) is 6.42 Å². The molecule has 15 rings (SSSR count). The summed E-state index contributed by atoms with van der Waals surface area (Å²) in [5, 5.41) is 5.65. The zero-order valence-corrected chi connectivity index (χ0v) is 41.5. The molecular weight excluding hydrogens is 859 g/mol. The molecule has 0 radical (unpaired) electrons. The minimum Gasteiger partial charge on any atom is -0.384 e. The minimum absolute atomic E-state index is 0.403. The molecule has 4 aromatic rings. The van der Waals surface area contributed by atoms with E-state index in [9.17, 15) is 0 Å². The fraction of sp³-hybridized carbons (Fsp3) is 0.385. The van der Waals surface area contributed by atoms with Crippen molar-refractivity contribution in [3.63, 3.8) is 0 Å². The molecule has 3 heterocycles. The van der Waals surface area contributed by atoms with Crippen LogP contribution in [0.3, 0.4) is 0 Å². The Kier molecular flexibility index (Phi) is 9.49. The lowest BCUT2D eigenvalue weighted by molar-refractivity contribution is 0.333. The maximum Gasteiger partial charge on any atom is 0.0427 e. The molecular formula is C65H63NS2. The average molecular weight is 922 g/mol. The molecule has 0 saturated heterocycles. The van der Waals surface area contributed by atoms with Crippen LogP contribution in [0.25, 0.3) is 32.9 Å². The van der Waals surface area contributed by atoms with Gasteiger partial charge in [0, 0.05) is 77.9 Å². The van der Waals surface area contributed by atoms with E-state index in [-0.39, 0.29) is 0 Å². The Hall–Kier alpha value is -4.96. The minimum atomic E-state index is 0.403. The van der Waals surface area contributed by atoms with Crippen LogP contribution < -0.4 is 5.32 Å². The predicted molar refractivity (Wildman–Crippen MR) is 289 cm³/mol. The smallest absolute Gasteiger partial charge is 0.0427 e. The molecule has 0 spiro atoms. The van der Waals surface area contributed by atoms with Crippen LogP contribution in [0, 0.1) is 35.5 Å². The predicted octanol–water partition coefficient (Wildman–Crippen LogP) is 17.3. The first-order valence-electron chi connectivity index (χ1n) is 26.8. The number of fused-ring (bicyclic) bond motifs is 9. The van der Waals surface area contributed by atoms with Crippen molar-refractivity contribution in [1.29, 1.82) is 0 Å². The van der Waals surface area contributed by atoms with Gasteiger partial charge in [-0.15, -0.1) is 22.7 Å². The van der Waals surface area contributed by atoms with Gasteiger partial charge in [-0.05, 0) is 157 Å². The van der Waals surface area contributed by atoms with Gasteiger partial charge in [-0.2, -0.15) is 0 Å². The highest BCUT2D eigenvalue weighted by Gasteiger charge is 2.61. The summed E-state index contributed by atoms with van der Waals surface area (Å²) in [6.07, 6.45) is 48.1. The van der Waals surface area contributed by atoms with Gasteiger partial charge >= 0.3 is 0 Å². The Balaban J connectivity index is 0.781. The molecule has 2 aromatic carbocycles. The third kappa shape index (κ3) is 6.09. The average Bonchev–Trinajstić information content (AvgIpc) is 3.57. The summed E-state index contributed by atoms with van der Waals surface area (Å²) in [7, 11) is 0. The number of hydrogen-bond acceptors (Lipinski definition) is 3. The molecule has 0 bridgehead atoms. The van der Waals surface area contributed by atoms with Crippen molar-refractivity contribution < 1.29 is 0 Å². The Morgan fingerprint density at radius 1 is 0.735 bits per heavy atom. The lowest BCUT2D eigenvalue weighted by atomic mass is 9.64. The zero-order chi connectivity index (χ0) is 44.8. The van der Waals surface area contributed by atoms with Gasteiger partial charge < -0.3 is 5.32 Å². The third-order valence-electron chi connectivity index (χ3n) is 18.9. The van der Waals surface area contributed by atoms with Crippen LogP contribution >= 0.6 is 22.7 Å². The lowest BCUT2D eigenvalue weighted by Crippen LogP contribution is -2.34. The van der Waals surface area contributed by atoms with Crippen LogP contribution in [0.1, 0.15) is 157 Å². The van der Waals surface area contributed by atoms with Crippen molar-refractivity contribution in [2.24, 2.45) is 35.5 Å². The first kappa shape index (κ1) is 40.9. The number of hydrogen-bond donors (Lipinski definition) is 1. The van der Waals surface area contributed by atoms with Gasteiger partial charge in [0.1, 0.15) is 0 Å². The van der Waals surface area contributed by atoms with Gasteiger partial charge in [-0.3, -0.25) is 0 Å². The maximum atomic E-state index is 4.20. The summed E-state index contributed by atoms with van der Waals surface area (Å²) >= 11 is 4.34. The van der Waals surface area contributed by atoms with E-state index in [0.29, 0.717) is 47.5 Å². The van der Waals surface area contributed by atoms with Gasteiger partial charge in [-0.1, -0.05) is 152 Å². The third-order valence-corrected chi connectivity index (χ3v) is 21.6. The zero-order valence-electron chi connectivity index (χ0n) is 39.8. The van der Waals surface area contributed by atoms with Crippen LogP contribution in [0.2, 0.25) is 0 Å². The molecule has 1 fully saturated rings. The fourth-order valence-electron chi connectivity index (χ4n) is 15.6. The second-order valence-corrected chi connectivity index (χ2v) is 24.7. The van der Waals surface area contributed by atoms with E-state index in [1.807, 2.05) is 5.57 Å². The van der Waals surface area contributed by atoms with E-state index < -0.39 is 0 Å². The summed E-state index contributed by atoms with van der Waals surface area (Å²) in [6, 6.07) is 17.2. The largest absolute Gasteiger partial charge is 0.384 e. The Morgan fingerprint density at radius 3 is 2.60 bits per heavy atom. The second kappa shape index (κ2) is 15.8. The SMILES string of the molecule is CC1CC(c2cccc3c4c(sc23)C(c2ccccc2C2C=CCCCC2C)CC=C4)=CC2=C1NC1CCC(C3c4sc5c(c4C4=C6CC3C64)CCC=C5C3=C(C4C=CC=CC4)CCC=C3)=CC21. The van der Waals surface area contributed by atoms with Gasteiger partial charge in [0.2, 0.25) is 0 Å². The van der Waals surface area contributed by atoms with Crippen LogP contribution in [0.4, 0.5) is 0 Å². The monoisotopic (exact) mass is 921 g/mol. The molecule has 3 heteroatoms. The molecule has 1 saturated carbocycles. The van der Waals surface area contributed by atoms with E-state index in [0.717, 1.165) is 31.1 Å².